The van der Waals surface area contributed by atoms with Gasteiger partial charge in [-0.2, -0.15) is 0 Å². The summed E-state index contributed by atoms with van der Waals surface area (Å²) in [4.78, 5) is 64.3. The van der Waals surface area contributed by atoms with E-state index in [9.17, 15) is 4.79 Å². The van der Waals surface area contributed by atoms with Gasteiger partial charge in [0.15, 0.2) is 0 Å². The Hall–Kier alpha value is -4.69. The zero-order valence-electron chi connectivity index (χ0n) is 19.2. The second kappa shape index (κ2) is 30.5. The molecular formula is C19H30O15. The minimum atomic E-state index is -1.11. The molecule has 15 heteroatoms. The fraction of sp³-hybridized carbons (Fsp3) is 0.316. The highest BCUT2D eigenvalue weighted by atomic mass is 16.4. The number of carbonyl (C=O) groups is 7. The van der Waals surface area contributed by atoms with Crippen LogP contribution in [0.4, 0.5) is 0 Å². The molecule has 0 amide bonds. The van der Waals surface area contributed by atoms with E-state index in [1.165, 1.54) is 12.1 Å². The number of rotatable bonds is 1. The van der Waals surface area contributed by atoms with Gasteiger partial charge in [0, 0.05) is 41.5 Å². The minimum Gasteiger partial charge on any atom is -0.507 e. The molecule has 0 radical (unpaired) electrons. The Kier molecular flexibility index (Phi) is 38.8. The largest absolute Gasteiger partial charge is 0.507 e. The van der Waals surface area contributed by atoms with Crippen LogP contribution in [-0.4, -0.2) is 82.6 Å². The molecule has 0 atom stereocenters. The Balaban J connectivity index is -0.0000000712. The van der Waals surface area contributed by atoms with Gasteiger partial charge in [-0.1, -0.05) is 12.1 Å². The van der Waals surface area contributed by atoms with Crippen molar-refractivity contribution in [1.82, 2.24) is 0 Å². The Bertz CT molecular complexity index is 637. The molecule has 1 aromatic carbocycles. The number of aliphatic carboxylic acids is 6. The van der Waals surface area contributed by atoms with E-state index in [1.807, 2.05) is 0 Å². The lowest BCUT2D eigenvalue weighted by Gasteiger charge is -1.95. The first-order chi connectivity index (χ1) is 15.1. The van der Waals surface area contributed by atoms with Crippen molar-refractivity contribution in [3.63, 3.8) is 0 Å². The van der Waals surface area contributed by atoms with Gasteiger partial charge in [-0.3, -0.25) is 28.8 Å². The van der Waals surface area contributed by atoms with E-state index in [1.54, 1.807) is 12.1 Å². The highest BCUT2D eigenvalue weighted by molar-refractivity contribution is 5.90. The molecule has 0 heterocycles. The third-order valence-corrected chi connectivity index (χ3v) is 1.13. The Morgan fingerprint density at radius 2 is 0.647 bits per heavy atom. The lowest BCUT2D eigenvalue weighted by atomic mass is 10.2. The van der Waals surface area contributed by atoms with E-state index < -0.39 is 41.8 Å². The molecule has 34 heavy (non-hydrogen) atoms. The van der Waals surface area contributed by atoms with Crippen LogP contribution in [0.2, 0.25) is 0 Å². The lowest BCUT2D eigenvalue weighted by Crippen LogP contribution is -1.95. The molecule has 0 aliphatic carbocycles. The smallest absolute Gasteiger partial charge is 0.339 e. The van der Waals surface area contributed by atoms with Crippen LogP contribution in [0.15, 0.2) is 24.3 Å². The van der Waals surface area contributed by atoms with E-state index in [-0.39, 0.29) is 11.3 Å². The van der Waals surface area contributed by atoms with E-state index in [2.05, 4.69) is 0 Å². The summed E-state index contributed by atoms with van der Waals surface area (Å²) in [6.07, 6.45) is 0. The molecule has 0 saturated heterocycles. The number of carboxylic acids is 7. The summed E-state index contributed by atoms with van der Waals surface area (Å²) in [7, 11) is 0. The minimum absolute atomic E-state index is 0.0671. The van der Waals surface area contributed by atoms with Gasteiger partial charge in [0.05, 0.1) is 0 Å². The number of benzene rings is 1. The predicted molar refractivity (Wildman–Crippen MR) is 115 cm³/mol. The van der Waals surface area contributed by atoms with Gasteiger partial charge in [-0.05, 0) is 12.1 Å². The highest BCUT2D eigenvalue weighted by Gasteiger charge is 2.05. The molecule has 0 spiro atoms. The third-order valence-electron chi connectivity index (χ3n) is 1.13. The maximum atomic E-state index is 10.3. The summed E-state index contributed by atoms with van der Waals surface area (Å²) in [6, 6.07) is 5.81. The molecule has 0 fully saturated rings. The van der Waals surface area contributed by atoms with Crippen molar-refractivity contribution in [2.75, 3.05) is 0 Å². The molecule has 1 aromatic rings. The number of aromatic hydroxyl groups is 1. The van der Waals surface area contributed by atoms with Gasteiger partial charge in [0.25, 0.3) is 35.8 Å². The molecule has 0 saturated carbocycles. The molecule has 196 valence electrons. The van der Waals surface area contributed by atoms with Gasteiger partial charge in [-0.25, -0.2) is 4.79 Å². The summed E-state index contributed by atoms with van der Waals surface area (Å²) in [5.74, 6) is -6.31. The van der Waals surface area contributed by atoms with Crippen LogP contribution in [-0.2, 0) is 28.8 Å². The predicted octanol–water partition coefficient (Wildman–Crippen LogP) is 1.64. The Morgan fingerprint density at radius 1 is 0.471 bits per heavy atom. The van der Waals surface area contributed by atoms with Crippen molar-refractivity contribution >= 4 is 41.8 Å². The second-order valence-electron chi connectivity index (χ2n) is 4.94. The van der Waals surface area contributed by atoms with Crippen LogP contribution in [0, 0.1) is 0 Å². The van der Waals surface area contributed by atoms with E-state index >= 15 is 0 Å². The summed E-state index contributed by atoms with van der Waals surface area (Å²) < 4.78 is 0. The molecule has 1 rings (SSSR count). The standard InChI is InChI=1S/C7H6O3.6C2H4O2/c8-6-4-2-1-3-5(6)7(9)10;6*1-2(3)4/h1-4,8H,(H,9,10);6*1H3,(H,3,4). The van der Waals surface area contributed by atoms with Crippen molar-refractivity contribution in [2.24, 2.45) is 0 Å². The molecule has 0 aliphatic rings. The van der Waals surface area contributed by atoms with E-state index in [0.29, 0.717) is 0 Å². The van der Waals surface area contributed by atoms with Crippen LogP contribution in [0.3, 0.4) is 0 Å². The first-order valence-corrected chi connectivity index (χ1v) is 8.30. The molecule has 0 aliphatic heterocycles. The average Bonchev–Trinajstić information content (AvgIpc) is 2.51. The first-order valence-electron chi connectivity index (χ1n) is 8.30. The maximum Gasteiger partial charge on any atom is 0.339 e. The van der Waals surface area contributed by atoms with Crippen LogP contribution in [0.25, 0.3) is 0 Å². The second-order valence-corrected chi connectivity index (χ2v) is 4.94. The average molecular weight is 498 g/mol. The third kappa shape index (κ3) is 178. The van der Waals surface area contributed by atoms with Crippen LogP contribution >= 0.6 is 0 Å². The fourth-order valence-corrected chi connectivity index (χ4v) is 0.654. The zero-order chi connectivity index (χ0) is 29.0. The number of aromatic carboxylic acids is 1. The number of phenols is 1. The van der Waals surface area contributed by atoms with Gasteiger partial charge in [0.1, 0.15) is 11.3 Å². The molecule has 0 bridgehead atoms. The van der Waals surface area contributed by atoms with Crippen LogP contribution in [0.5, 0.6) is 5.75 Å². The topological polar surface area (TPSA) is 281 Å². The molecule has 0 aromatic heterocycles. The SMILES string of the molecule is CC(=O)O.CC(=O)O.CC(=O)O.CC(=O)O.CC(=O)O.CC(=O)O.O=C(O)c1ccccc1O. The monoisotopic (exact) mass is 498 g/mol. The van der Waals surface area contributed by atoms with Crippen molar-refractivity contribution in [1.29, 1.82) is 0 Å². The van der Waals surface area contributed by atoms with Gasteiger partial charge >= 0.3 is 5.97 Å². The van der Waals surface area contributed by atoms with Crippen molar-refractivity contribution in [3.8, 4) is 5.75 Å². The fourth-order valence-electron chi connectivity index (χ4n) is 0.654. The Morgan fingerprint density at radius 3 is 0.765 bits per heavy atom. The molecular weight excluding hydrogens is 468 g/mol. The van der Waals surface area contributed by atoms with Crippen LogP contribution < -0.4 is 0 Å². The normalized spacial score (nSPS) is 7.12. The van der Waals surface area contributed by atoms with Gasteiger partial charge in [0.2, 0.25) is 0 Å². The summed E-state index contributed by atoms with van der Waals surface area (Å²) in [5.41, 5.74) is -0.0671. The van der Waals surface area contributed by atoms with Gasteiger partial charge in [-0.15, -0.1) is 0 Å². The maximum absolute atomic E-state index is 10.3. The molecule has 15 nitrogen and oxygen atoms in total. The van der Waals surface area contributed by atoms with Crippen molar-refractivity contribution < 1.29 is 74.4 Å². The zero-order valence-corrected chi connectivity index (χ0v) is 19.2. The van der Waals surface area contributed by atoms with Crippen LogP contribution in [0.1, 0.15) is 51.9 Å². The number of hydrogen-bond acceptors (Lipinski definition) is 8. The highest BCUT2D eigenvalue weighted by Crippen LogP contribution is 2.14. The van der Waals surface area contributed by atoms with E-state index in [4.69, 9.17) is 69.6 Å². The lowest BCUT2D eigenvalue weighted by molar-refractivity contribution is -0.135. The molecule has 8 N–H and O–H groups in total. The number of carboxylic acid groups (broad SMARTS) is 7. The van der Waals surface area contributed by atoms with Crippen molar-refractivity contribution in [3.05, 3.63) is 29.8 Å². The number of hydrogen-bond donors (Lipinski definition) is 8. The molecule has 0 unspecified atom stereocenters. The summed E-state index contributed by atoms with van der Waals surface area (Å²) >= 11 is 0. The summed E-state index contributed by atoms with van der Waals surface area (Å²) in [6.45, 7) is 6.50. The number of para-hydroxylation sites is 1. The van der Waals surface area contributed by atoms with Gasteiger partial charge < -0.3 is 40.9 Å². The van der Waals surface area contributed by atoms with Crippen molar-refractivity contribution in [2.45, 2.75) is 41.5 Å². The Labute approximate surface area is 194 Å². The first kappa shape index (κ1) is 43.2. The quantitative estimate of drug-likeness (QED) is 0.273. The summed E-state index contributed by atoms with van der Waals surface area (Å²) in [5, 5.41) is 61.8. The van der Waals surface area contributed by atoms with E-state index in [0.717, 1.165) is 41.5 Å².